The van der Waals surface area contributed by atoms with Gasteiger partial charge in [-0.05, 0) is 24.6 Å². The van der Waals surface area contributed by atoms with Crippen molar-refractivity contribution < 1.29 is 9.18 Å². The molecule has 18 heavy (non-hydrogen) atoms. The van der Waals surface area contributed by atoms with E-state index in [0.717, 1.165) is 5.56 Å². The molecule has 0 aliphatic heterocycles. The van der Waals surface area contributed by atoms with Crippen LogP contribution in [0.3, 0.4) is 0 Å². The van der Waals surface area contributed by atoms with Crippen molar-refractivity contribution in [3.05, 3.63) is 47.2 Å². The van der Waals surface area contributed by atoms with Gasteiger partial charge in [0.1, 0.15) is 5.82 Å². The number of halogens is 1. The van der Waals surface area contributed by atoms with E-state index in [9.17, 15) is 9.18 Å². The van der Waals surface area contributed by atoms with Crippen LogP contribution in [0, 0.1) is 5.82 Å². The van der Waals surface area contributed by atoms with E-state index in [0.29, 0.717) is 5.13 Å². The Balaban J connectivity index is 1.92. The lowest BCUT2D eigenvalue weighted by Gasteiger charge is -2.14. The van der Waals surface area contributed by atoms with Gasteiger partial charge in [0.15, 0.2) is 5.13 Å². The highest BCUT2D eigenvalue weighted by Crippen LogP contribution is 2.14. The van der Waals surface area contributed by atoms with E-state index in [1.807, 2.05) is 6.92 Å². The Labute approximate surface area is 108 Å². The molecule has 0 radical (unpaired) electrons. The fourth-order valence-electron chi connectivity index (χ4n) is 1.45. The first-order valence-corrected chi connectivity index (χ1v) is 6.25. The number of carbonyl (C=O) groups excluding carboxylic acids is 1. The van der Waals surface area contributed by atoms with Gasteiger partial charge >= 0.3 is 6.03 Å². The van der Waals surface area contributed by atoms with Crippen LogP contribution >= 0.6 is 11.3 Å². The van der Waals surface area contributed by atoms with Gasteiger partial charge < -0.3 is 5.32 Å². The number of rotatable bonds is 3. The number of urea groups is 1. The molecule has 94 valence electrons. The molecule has 0 bridgehead atoms. The Morgan fingerprint density at radius 3 is 2.72 bits per heavy atom. The van der Waals surface area contributed by atoms with Gasteiger partial charge in [-0.2, -0.15) is 0 Å². The molecule has 0 saturated heterocycles. The third-order valence-corrected chi connectivity index (χ3v) is 3.06. The first kappa shape index (κ1) is 12.5. The highest BCUT2D eigenvalue weighted by atomic mass is 32.1. The van der Waals surface area contributed by atoms with E-state index in [1.54, 1.807) is 23.7 Å². The third kappa shape index (κ3) is 3.27. The summed E-state index contributed by atoms with van der Waals surface area (Å²) in [5.41, 5.74) is 0.839. The van der Waals surface area contributed by atoms with Gasteiger partial charge in [-0.15, -0.1) is 11.3 Å². The van der Waals surface area contributed by atoms with Crippen molar-refractivity contribution >= 4 is 22.5 Å². The van der Waals surface area contributed by atoms with E-state index in [4.69, 9.17) is 0 Å². The van der Waals surface area contributed by atoms with Crippen LogP contribution in [0.4, 0.5) is 14.3 Å². The molecule has 1 heterocycles. The Kier molecular flexibility index (Phi) is 3.88. The summed E-state index contributed by atoms with van der Waals surface area (Å²) in [5.74, 6) is -0.293. The zero-order chi connectivity index (χ0) is 13.0. The largest absolute Gasteiger partial charge is 0.331 e. The number of nitrogens with zero attached hydrogens (tertiary/aromatic N) is 1. The number of thiazole rings is 1. The first-order chi connectivity index (χ1) is 8.65. The van der Waals surface area contributed by atoms with Crippen LogP contribution in [-0.2, 0) is 0 Å². The molecule has 0 aliphatic carbocycles. The van der Waals surface area contributed by atoms with Crippen LogP contribution in [-0.4, -0.2) is 11.0 Å². The van der Waals surface area contributed by atoms with E-state index < -0.39 is 0 Å². The summed E-state index contributed by atoms with van der Waals surface area (Å²) in [6.45, 7) is 1.83. The summed E-state index contributed by atoms with van der Waals surface area (Å²) >= 11 is 1.34. The number of carbonyl (C=O) groups is 1. The van der Waals surface area contributed by atoms with Gasteiger partial charge in [0, 0.05) is 11.6 Å². The minimum Gasteiger partial charge on any atom is -0.331 e. The van der Waals surface area contributed by atoms with E-state index >= 15 is 0 Å². The number of hydrogen-bond acceptors (Lipinski definition) is 3. The smallest absolute Gasteiger partial charge is 0.321 e. The Bertz CT molecular complexity index is 513. The monoisotopic (exact) mass is 265 g/mol. The fourth-order valence-corrected chi connectivity index (χ4v) is 1.97. The van der Waals surface area contributed by atoms with E-state index in [1.165, 1.54) is 23.5 Å². The summed E-state index contributed by atoms with van der Waals surface area (Å²) in [5, 5.41) is 7.68. The molecule has 0 saturated carbocycles. The third-order valence-electron chi connectivity index (χ3n) is 2.37. The normalized spacial score (nSPS) is 11.9. The average molecular weight is 265 g/mol. The standard InChI is InChI=1S/C12H12FN3OS/c1-8(9-2-4-10(13)5-3-9)15-11(17)16-12-14-6-7-18-12/h2-8H,1H3,(H2,14,15,16,17)/t8-/m1/s1. The van der Waals surface area contributed by atoms with Gasteiger partial charge in [-0.25, -0.2) is 14.2 Å². The lowest BCUT2D eigenvalue weighted by molar-refractivity contribution is 0.249. The summed E-state index contributed by atoms with van der Waals surface area (Å²) in [7, 11) is 0. The molecule has 4 nitrogen and oxygen atoms in total. The molecule has 0 aliphatic rings. The maximum absolute atomic E-state index is 12.8. The van der Waals surface area contributed by atoms with Crippen LogP contribution in [0.1, 0.15) is 18.5 Å². The average Bonchev–Trinajstić information content (AvgIpc) is 2.82. The summed E-state index contributed by atoms with van der Waals surface area (Å²) < 4.78 is 12.8. The molecule has 6 heteroatoms. The molecular formula is C12H12FN3OS. The van der Waals surface area contributed by atoms with Crippen LogP contribution in [0.25, 0.3) is 0 Å². The SMILES string of the molecule is C[C@@H](NC(=O)Nc1nccs1)c1ccc(F)cc1. The number of anilines is 1. The van der Waals surface area contributed by atoms with Gasteiger partial charge in [0.25, 0.3) is 0 Å². The molecule has 1 aromatic heterocycles. The number of aromatic nitrogens is 1. The van der Waals surface area contributed by atoms with Crippen molar-refractivity contribution in [2.45, 2.75) is 13.0 Å². The van der Waals surface area contributed by atoms with E-state index in [2.05, 4.69) is 15.6 Å². The van der Waals surface area contributed by atoms with Crippen molar-refractivity contribution in [3.8, 4) is 0 Å². The molecule has 0 fully saturated rings. The summed E-state index contributed by atoms with van der Waals surface area (Å²) in [6, 6.07) is 5.48. The van der Waals surface area contributed by atoms with Gasteiger partial charge in [0.2, 0.25) is 0 Å². The van der Waals surface area contributed by atoms with Crippen LogP contribution < -0.4 is 10.6 Å². The van der Waals surface area contributed by atoms with Gasteiger partial charge in [-0.1, -0.05) is 12.1 Å². The maximum Gasteiger partial charge on any atom is 0.321 e. The quantitative estimate of drug-likeness (QED) is 0.895. The second kappa shape index (κ2) is 5.59. The summed E-state index contributed by atoms with van der Waals surface area (Å²) in [4.78, 5) is 15.6. The van der Waals surface area contributed by atoms with Crippen molar-refractivity contribution in [3.63, 3.8) is 0 Å². The molecule has 0 unspecified atom stereocenters. The highest BCUT2D eigenvalue weighted by molar-refractivity contribution is 7.13. The molecule has 2 N–H and O–H groups in total. The van der Waals surface area contributed by atoms with E-state index in [-0.39, 0.29) is 17.9 Å². The van der Waals surface area contributed by atoms with Crippen LogP contribution in [0.5, 0.6) is 0 Å². The van der Waals surface area contributed by atoms with Crippen molar-refractivity contribution in [2.75, 3.05) is 5.32 Å². The molecule has 2 rings (SSSR count). The number of hydrogen-bond donors (Lipinski definition) is 2. The number of benzene rings is 1. The van der Waals surface area contributed by atoms with Crippen molar-refractivity contribution in [1.82, 2.24) is 10.3 Å². The summed E-state index contributed by atoms with van der Waals surface area (Å²) in [6.07, 6.45) is 1.61. The first-order valence-electron chi connectivity index (χ1n) is 5.37. The molecule has 2 aromatic rings. The van der Waals surface area contributed by atoms with Crippen LogP contribution in [0.2, 0.25) is 0 Å². The zero-order valence-electron chi connectivity index (χ0n) is 9.68. The zero-order valence-corrected chi connectivity index (χ0v) is 10.5. The predicted octanol–water partition coefficient (Wildman–Crippen LogP) is 3.16. The maximum atomic E-state index is 12.8. The Morgan fingerprint density at radius 1 is 1.39 bits per heavy atom. The number of nitrogens with one attached hydrogen (secondary N) is 2. The number of amides is 2. The fraction of sp³-hybridized carbons (Fsp3) is 0.167. The van der Waals surface area contributed by atoms with Crippen molar-refractivity contribution in [2.24, 2.45) is 0 Å². The second-order valence-electron chi connectivity index (χ2n) is 3.71. The molecule has 2 amide bonds. The molecule has 0 spiro atoms. The lowest BCUT2D eigenvalue weighted by Crippen LogP contribution is -2.31. The van der Waals surface area contributed by atoms with Crippen molar-refractivity contribution in [1.29, 1.82) is 0 Å². The second-order valence-corrected chi connectivity index (χ2v) is 4.60. The Morgan fingerprint density at radius 2 is 2.11 bits per heavy atom. The predicted molar refractivity (Wildman–Crippen MR) is 69.1 cm³/mol. The van der Waals surface area contributed by atoms with Gasteiger partial charge in [0.05, 0.1) is 6.04 Å². The Hall–Kier alpha value is -1.95. The molecular weight excluding hydrogens is 253 g/mol. The van der Waals surface area contributed by atoms with Gasteiger partial charge in [-0.3, -0.25) is 5.32 Å². The topological polar surface area (TPSA) is 54.0 Å². The molecule has 1 atom stereocenters. The minimum atomic E-state index is -0.332. The minimum absolute atomic E-state index is 0.203. The van der Waals surface area contributed by atoms with Crippen LogP contribution in [0.15, 0.2) is 35.8 Å². The molecule has 1 aromatic carbocycles. The lowest BCUT2D eigenvalue weighted by atomic mass is 10.1. The highest BCUT2D eigenvalue weighted by Gasteiger charge is 2.10.